The number of carbonyl (C=O) groups is 1. The summed E-state index contributed by atoms with van der Waals surface area (Å²) in [7, 11) is 0. The van der Waals surface area contributed by atoms with E-state index in [1.807, 2.05) is 6.92 Å². The molecule has 1 saturated heterocycles. The average Bonchev–Trinajstić information content (AvgIpc) is 2.92. The molecule has 12 heteroatoms. The van der Waals surface area contributed by atoms with Crippen molar-refractivity contribution in [2.45, 2.75) is 46.3 Å². The summed E-state index contributed by atoms with van der Waals surface area (Å²) in [6.45, 7) is 9.61. The van der Waals surface area contributed by atoms with E-state index in [0.29, 0.717) is 5.56 Å². The van der Waals surface area contributed by atoms with Gasteiger partial charge in [-0.25, -0.2) is 27.9 Å². The van der Waals surface area contributed by atoms with Gasteiger partial charge in [-0.05, 0) is 64.4 Å². The van der Waals surface area contributed by atoms with Crippen LogP contribution < -0.4 is 10.6 Å². The van der Waals surface area contributed by atoms with E-state index in [0.717, 1.165) is 16.7 Å². The third-order valence-corrected chi connectivity index (χ3v) is 7.16. The summed E-state index contributed by atoms with van der Waals surface area (Å²) in [6.07, 6.45) is -0.474. The van der Waals surface area contributed by atoms with E-state index in [1.165, 1.54) is 18.2 Å². The average molecular weight is 589 g/mol. The molecule has 1 atom stereocenters. The Kier molecular flexibility index (Phi) is 7.52. The molecule has 10 nitrogen and oxygen atoms in total. The van der Waals surface area contributed by atoms with Crippen molar-refractivity contribution in [3.8, 4) is 28.8 Å². The van der Waals surface area contributed by atoms with Crippen LogP contribution in [0.15, 0.2) is 47.3 Å². The minimum Gasteiger partial charge on any atom is -0.507 e. The normalized spacial score (nSPS) is 15.4. The van der Waals surface area contributed by atoms with Crippen LogP contribution in [0.1, 0.15) is 38.8 Å². The molecule has 5 rings (SSSR count). The number of anilines is 1. The molecule has 0 radical (unpaired) electrons. The number of nitriles is 1. The number of piperazine rings is 1. The number of halogens is 2. The summed E-state index contributed by atoms with van der Waals surface area (Å²) in [6, 6.07) is 11.2. The third-order valence-electron chi connectivity index (χ3n) is 7.16. The molecule has 2 aromatic heterocycles. The molecule has 222 valence electrons. The highest BCUT2D eigenvalue weighted by molar-refractivity contribution is 5.91. The molecule has 1 N–H and O–H groups in total. The smallest absolute Gasteiger partial charge is 0.410 e. The Bertz CT molecular complexity index is 1840. The predicted octanol–water partition coefficient (Wildman–Crippen LogP) is 5.06. The number of amides is 1. The van der Waals surface area contributed by atoms with E-state index in [4.69, 9.17) is 4.74 Å². The minimum atomic E-state index is -0.952. The lowest BCUT2D eigenvalue weighted by molar-refractivity contribution is 0.0218. The second-order valence-electron chi connectivity index (χ2n) is 11.4. The van der Waals surface area contributed by atoms with E-state index in [2.05, 4.69) is 16.0 Å². The number of phenolic OH excluding ortho intramolecular Hbond substituents is 1. The fraction of sp³-hybridized carbons (Fsp3) is 0.323. The van der Waals surface area contributed by atoms with Gasteiger partial charge in [0.1, 0.15) is 34.7 Å². The molecule has 4 aromatic rings. The molecule has 0 bridgehead atoms. The predicted molar refractivity (Wildman–Crippen MR) is 156 cm³/mol. The highest BCUT2D eigenvalue weighted by Crippen LogP contribution is 2.36. The first-order chi connectivity index (χ1) is 20.3. The number of aryl methyl sites for hydroxylation is 1. The number of pyridine rings is 1. The first kappa shape index (κ1) is 29.4. The number of nitrogens with zero attached hydrogens (tertiary/aromatic N) is 6. The van der Waals surface area contributed by atoms with Crippen LogP contribution in [0.5, 0.6) is 5.75 Å². The van der Waals surface area contributed by atoms with E-state index < -0.39 is 46.0 Å². The van der Waals surface area contributed by atoms with Crippen LogP contribution in [0.4, 0.5) is 19.4 Å². The van der Waals surface area contributed by atoms with Gasteiger partial charge >= 0.3 is 11.8 Å². The number of benzene rings is 2. The summed E-state index contributed by atoms with van der Waals surface area (Å²) < 4.78 is 37.3. The first-order valence-electron chi connectivity index (χ1n) is 13.7. The summed E-state index contributed by atoms with van der Waals surface area (Å²) >= 11 is 0. The quantitative estimate of drug-likeness (QED) is 0.352. The molecule has 0 aliphatic carbocycles. The van der Waals surface area contributed by atoms with E-state index in [1.54, 1.807) is 49.6 Å². The summed E-state index contributed by atoms with van der Waals surface area (Å²) in [4.78, 5) is 38.6. The number of hydrogen-bond acceptors (Lipinski definition) is 8. The molecule has 3 heterocycles. The van der Waals surface area contributed by atoms with Gasteiger partial charge in [-0.3, -0.25) is 0 Å². The minimum absolute atomic E-state index is 0.0818. The van der Waals surface area contributed by atoms with Crippen LogP contribution in [0.25, 0.3) is 28.0 Å². The molecule has 1 aliphatic rings. The Labute approximate surface area is 246 Å². The molecule has 1 aliphatic heterocycles. The highest BCUT2D eigenvalue weighted by Gasteiger charge is 2.33. The van der Waals surface area contributed by atoms with Gasteiger partial charge in [-0.15, -0.1) is 0 Å². The van der Waals surface area contributed by atoms with Gasteiger partial charge < -0.3 is 19.6 Å². The van der Waals surface area contributed by atoms with E-state index in [9.17, 15) is 24.3 Å². The maximum Gasteiger partial charge on any atom is 0.410 e. The second kappa shape index (κ2) is 11.0. The Hall–Kier alpha value is -5.05. The van der Waals surface area contributed by atoms with Crippen LogP contribution in [0, 0.1) is 29.9 Å². The number of aromatic nitrogens is 3. The Morgan fingerprint density at radius 3 is 2.49 bits per heavy atom. The Balaban J connectivity index is 1.73. The standard InChI is InChI=1S/C31H30F2N6O4/c1-17-8-6-9-19(15-34)26(17)39-28-20(14-22(33)25(35-28)24-21(32)10-7-11-23(24)40)27(36-29(39)41)38-13-12-37(16-18(38)2)30(42)43-31(3,4)5/h6-11,14,18,40H,12-13,16H2,1-5H3/t18-/m0/s1. The number of ether oxygens (including phenoxy) is 1. The highest BCUT2D eigenvalue weighted by atomic mass is 19.1. The molecule has 0 unspecified atom stereocenters. The van der Waals surface area contributed by atoms with Gasteiger partial charge in [0.25, 0.3) is 0 Å². The zero-order valence-corrected chi connectivity index (χ0v) is 24.4. The number of aromatic hydroxyl groups is 1. The summed E-state index contributed by atoms with van der Waals surface area (Å²) in [5, 5.41) is 20.4. The number of phenols is 1. The molecule has 0 saturated carbocycles. The largest absolute Gasteiger partial charge is 0.507 e. The lowest BCUT2D eigenvalue weighted by Gasteiger charge is -2.41. The third kappa shape index (κ3) is 5.46. The number of hydrogen-bond donors (Lipinski definition) is 1. The lowest BCUT2D eigenvalue weighted by Crippen LogP contribution is -2.55. The molecule has 1 amide bonds. The van der Waals surface area contributed by atoms with E-state index in [-0.39, 0.29) is 53.8 Å². The Morgan fingerprint density at radius 2 is 1.84 bits per heavy atom. The molecular weight excluding hydrogens is 558 g/mol. The van der Waals surface area contributed by atoms with Gasteiger partial charge in [0.15, 0.2) is 11.5 Å². The van der Waals surface area contributed by atoms with Crippen LogP contribution in [-0.2, 0) is 4.74 Å². The number of rotatable bonds is 3. The van der Waals surface area contributed by atoms with Crippen molar-refractivity contribution in [2.24, 2.45) is 0 Å². The van der Waals surface area contributed by atoms with Gasteiger partial charge in [0, 0.05) is 25.7 Å². The van der Waals surface area contributed by atoms with Crippen molar-refractivity contribution < 1.29 is 23.4 Å². The molecule has 0 spiro atoms. The topological polar surface area (TPSA) is 125 Å². The SMILES string of the molecule is Cc1cccc(C#N)c1-n1c(=O)nc(N2CCN(C(=O)OC(C)(C)C)C[C@@H]2C)c2cc(F)c(-c3c(O)cccc3F)nc21. The first-order valence-corrected chi connectivity index (χ1v) is 13.7. The van der Waals surface area contributed by atoms with Crippen molar-refractivity contribution in [3.63, 3.8) is 0 Å². The molecular formula is C31H30F2N6O4. The van der Waals surface area contributed by atoms with E-state index >= 15 is 4.39 Å². The fourth-order valence-corrected chi connectivity index (χ4v) is 5.26. The number of para-hydroxylation sites is 1. The van der Waals surface area contributed by atoms with Crippen molar-refractivity contribution >= 4 is 22.9 Å². The summed E-state index contributed by atoms with van der Waals surface area (Å²) in [5.74, 6) is -2.27. The van der Waals surface area contributed by atoms with Gasteiger partial charge in [0.2, 0.25) is 0 Å². The van der Waals surface area contributed by atoms with Gasteiger partial charge in [-0.1, -0.05) is 18.2 Å². The molecule has 1 fully saturated rings. The van der Waals surface area contributed by atoms with Gasteiger partial charge in [-0.2, -0.15) is 10.2 Å². The second-order valence-corrected chi connectivity index (χ2v) is 11.4. The van der Waals surface area contributed by atoms with Crippen LogP contribution >= 0.6 is 0 Å². The Morgan fingerprint density at radius 1 is 1.12 bits per heavy atom. The van der Waals surface area contributed by atoms with Crippen LogP contribution in [-0.4, -0.2) is 61.9 Å². The van der Waals surface area contributed by atoms with Crippen molar-refractivity contribution in [2.75, 3.05) is 24.5 Å². The zero-order chi connectivity index (χ0) is 31.2. The van der Waals surface area contributed by atoms with Crippen molar-refractivity contribution in [1.82, 2.24) is 19.4 Å². The maximum absolute atomic E-state index is 15.8. The van der Waals surface area contributed by atoms with Gasteiger partial charge in [0.05, 0.1) is 22.2 Å². The van der Waals surface area contributed by atoms with Crippen molar-refractivity contribution in [1.29, 1.82) is 5.26 Å². The zero-order valence-electron chi connectivity index (χ0n) is 24.4. The maximum atomic E-state index is 15.8. The molecule has 2 aromatic carbocycles. The summed E-state index contributed by atoms with van der Waals surface area (Å²) in [5.41, 5.74) is -1.63. The number of carbonyl (C=O) groups excluding carboxylic acids is 1. The lowest BCUT2D eigenvalue weighted by atomic mass is 10.1. The van der Waals surface area contributed by atoms with Crippen LogP contribution in [0.2, 0.25) is 0 Å². The monoisotopic (exact) mass is 588 g/mol. The molecule has 43 heavy (non-hydrogen) atoms. The van der Waals surface area contributed by atoms with Crippen LogP contribution in [0.3, 0.4) is 0 Å². The fourth-order valence-electron chi connectivity index (χ4n) is 5.26. The number of fused-ring (bicyclic) bond motifs is 1. The van der Waals surface area contributed by atoms with Crippen molar-refractivity contribution in [3.05, 3.63) is 75.7 Å².